The molecule has 10 nitrogen and oxygen atoms in total. The topological polar surface area (TPSA) is 125 Å². The molecule has 0 radical (unpaired) electrons. The number of rotatable bonds is 11. The Hall–Kier alpha value is -4.25. The first-order chi connectivity index (χ1) is 17.3. The van der Waals surface area contributed by atoms with E-state index in [1.807, 2.05) is 24.3 Å². The average molecular weight is 510 g/mol. The van der Waals surface area contributed by atoms with Gasteiger partial charge in [-0.1, -0.05) is 42.5 Å². The summed E-state index contributed by atoms with van der Waals surface area (Å²) in [6, 6.07) is 20.4. The van der Waals surface area contributed by atoms with Gasteiger partial charge in [0.15, 0.2) is 0 Å². The number of nitro benzene ring substituents is 1. The second-order valence-corrected chi connectivity index (χ2v) is 9.49. The molecule has 3 aromatic carbocycles. The van der Waals surface area contributed by atoms with Gasteiger partial charge in [-0.15, -0.1) is 0 Å². The molecule has 0 unspecified atom stereocenters. The SMILES string of the molecule is CCN(CC)c1ccc(/C=N\NC(=O)CN(c2ccccc2[N+](=O)[O-])S(=O)(=O)c2ccccc2)cc1. The normalized spacial score (nSPS) is 11.3. The van der Waals surface area contributed by atoms with Crippen LogP contribution in [0.15, 0.2) is 88.9 Å². The summed E-state index contributed by atoms with van der Waals surface area (Å²) in [5.74, 6) is -0.760. The number of nitro groups is 1. The third kappa shape index (κ3) is 6.25. The molecule has 0 heterocycles. The third-order valence-corrected chi connectivity index (χ3v) is 7.16. The lowest BCUT2D eigenvalue weighted by Crippen LogP contribution is -2.39. The smallest absolute Gasteiger partial charge is 0.293 e. The minimum Gasteiger partial charge on any atom is -0.372 e. The van der Waals surface area contributed by atoms with E-state index in [1.54, 1.807) is 6.07 Å². The molecular weight excluding hydrogens is 482 g/mol. The molecule has 36 heavy (non-hydrogen) atoms. The van der Waals surface area contributed by atoms with E-state index in [1.165, 1.54) is 54.7 Å². The second-order valence-electron chi connectivity index (χ2n) is 7.63. The Balaban J connectivity index is 1.82. The van der Waals surface area contributed by atoms with Gasteiger partial charge in [0.1, 0.15) is 12.2 Å². The molecule has 1 N–H and O–H groups in total. The lowest BCUT2D eigenvalue weighted by molar-refractivity contribution is -0.384. The van der Waals surface area contributed by atoms with Crippen LogP contribution in [0.5, 0.6) is 0 Å². The summed E-state index contributed by atoms with van der Waals surface area (Å²) in [7, 11) is -4.29. The molecule has 0 saturated carbocycles. The van der Waals surface area contributed by atoms with Crippen LogP contribution in [0.4, 0.5) is 17.1 Å². The number of sulfonamides is 1. The van der Waals surface area contributed by atoms with Crippen molar-refractivity contribution in [1.82, 2.24) is 5.43 Å². The maximum Gasteiger partial charge on any atom is 0.293 e. The standard InChI is InChI=1S/C25H27N5O5S/c1-3-28(4-2)21-16-14-20(15-17-21)18-26-27-25(31)19-29(23-12-8-9-13-24(23)30(32)33)36(34,35)22-10-6-5-7-11-22/h5-18H,3-4,19H2,1-2H3,(H,27,31)/b26-18-. The highest BCUT2D eigenvalue weighted by atomic mass is 32.2. The molecule has 11 heteroatoms. The first-order valence-corrected chi connectivity index (χ1v) is 12.7. The highest BCUT2D eigenvalue weighted by Gasteiger charge is 2.31. The van der Waals surface area contributed by atoms with Crippen LogP contribution < -0.4 is 14.6 Å². The van der Waals surface area contributed by atoms with Gasteiger partial charge >= 0.3 is 0 Å². The number of hydrogen-bond acceptors (Lipinski definition) is 7. The van der Waals surface area contributed by atoms with Gasteiger partial charge < -0.3 is 4.90 Å². The largest absolute Gasteiger partial charge is 0.372 e. The fraction of sp³-hybridized carbons (Fsp3) is 0.200. The molecule has 0 atom stereocenters. The van der Waals surface area contributed by atoms with Crippen LogP contribution in [0.25, 0.3) is 0 Å². The molecule has 0 aliphatic rings. The number of para-hydroxylation sites is 2. The number of nitrogens with zero attached hydrogens (tertiary/aromatic N) is 4. The number of carbonyl (C=O) groups is 1. The molecule has 0 fully saturated rings. The fourth-order valence-electron chi connectivity index (χ4n) is 3.55. The summed E-state index contributed by atoms with van der Waals surface area (Å²) in [5.41, 5.74) is 3.44. The molecule has 0 bridgehead atoms. The number of hydrazone groups is 1. The molecular formula is C25H27N5O5S. The Kier molecular flexibility index (Phi) is 8.74. The Morgan fingerprint density at radius 2 is 1.58 bits per heavy atom. The second kappa shape index (κ2) is 11.9. The van der Waals surface area contributed by atoms with Crippen LogP contribution in [-0.4, -0.2) is 45.1 Å². The Bertz CT molecular complexity index is 1320. The monoisotopic (exact) mass is 509 g/mol. The van der Waals surface area contributed by atoms with Crippen molar-refractivity contribution in [2.24, 2.45) is 5.10 Å². The predicted octanol–water partition coefficient (Wildman–Crippen LogP) is 3.79. The van der Waals surface area contributed by atoms with Gasteiger partial charge in [0.25, 0.3) is 21.6 Å². The van der Waals surface area contributed by atoms with E-state index < -0.39 is 33.1 Å². The highest BCUT2D eigenvalue weighted by Crippen LogP contribution is 2.31. The minimum absolute atomic E-state index is 0.104. The summed E-state index contributed by atoms with van der Waals surface area (Å²) in [4.78, 5) is 25.6. The number of amides is 1. The summed E-state index contributed by atoms with van der Waals surface area (Å²) in [6.07, 6.45) is 1.44. The van der Waals surface area contributed by atoms with Crippen LogP contribution in [0, 0.1) is 10.1 Å². The van der Waals surface area contributed by atoms with Gasteiger partial charge in [-0.3, -0.25) is 14.9 Å². The van der Waals surface area contributed by atoms with E-state index in [2.05, 4.69) is 29.3 Å². The highest BCUT2D eigenvalue weighted by molar-refractivity contribution is 7.92. The Labute approximate surface area is 210 Å². The van der Waals surface area contributed by atoms with Crippen molar-refractivity contribution in [1.29, 1.82) is 0 Å². The zero-order chi connectivity index (χ0) is 26.1. The van der Waals surface area contributed by atoms with Gasteiger partial charge in [-0.2, -0.15) is 5.10 Å². The zero-order valence-corrected chi connectivity index (χ0v) is 20.8. The molecule has 0 aromatic heterocycles. The van der Waals surface area contributed by atoms with Gasteiger partial charge in [-0.05, 0) is 49.7 Å². The van der Waals surface area contributed by atoms with Crippen molar-refractivity contribution in [3.05, 3.63) is 94.5 Å². The van der Waals surface area contributed by atoms with Crippen LogP contribution in [0.2, 0.25) is 0 Å². The maximum atomic E-state index is 13.4. The Morgan fingerprint density at radius 3 is 2.19 bits per heavy atom. The predicted molar refractivity (Wildman–Crippen MR) is 140 cm³/mol. The first kappa shape index (κ1) is 26.4. The molecule has 0 saturated heterocycles. The molecule has 0 aliphatic heterocycles. The van der Waals surface area contributed by atoms with Gasteiger partial charge in [-0.25, -0.2) is 18.1 Å². The quantitative estimate of drug-likeness (QED) is 0.238. The summed E-state index contributed by atoms with van der Waals surface area (Å²) < 4.78 is 27.4. The van der Waals surface area contributed by atoms with Crippen molar-refractivity contribution < 1.29 is 18.1 Å². The number of hydrogen-bond donors (Lipinski definition) is 1. The van der Waals surface area contributed by atoms with Crippen molar-refractivity contribution in [2.45, 2.75) is 18.7 Å². The van der Waals surface area contributed by atoms with E-state index in [0.717, 1.165) is 24.3 Å². The zero-order valence-electron chi connectivity index (χ0n) is 19.9. The Morgan fingerprint density at radius 1 is 0.972 bits per heavy atom. The van der Waals surface area contributed by atoms with Crippen LogP contribution >= 0.6 is 0 Å². The molecule has 3 rings (SSSR count). The summed E-state index contributed by atoms with van der Waals surface area (Å²) in [6.45, 7) is 5.18. The molecule has 188 valence electrons. The van der Waals surface area contributed by atoms with E-state index >= 15 is 0 Å². The van der Waals surface area contributed by atoms with Crippen molar-refractivity contribution in [3.63, 3.8) is 0 Å². The average Bonchev–Trinajstić information content (AvgIpc) is 2.89. The minimum atomic E-state index is -4.29. The van der Waals surface area contributed by atoms with Crippen molar-refractivity contribution in [2.75, 3.05) is 28.8 Å². The number of nitrogens with one attached hydrogen (secondary N) is 1. The van der Waals surface area contributed by atoms with Gasteiger partial charge in [0.05, 0.1) is 16.0 Å². The van der Waals surface area contributed by atoms with Crippen LogP contribution in [0.1, 0.15) is 19.4 Å². The van der Waals surface area contributed by atoms with Crippen molar-refractivity contribution >= 4 is 39.2 Å². The number of anilines is 2. The molecule has 0 spiro atoms. The van der Waals surface area contributed by atoms with E-state index in [4.69, 9.17) is 0 Å². The van der Waals surface area contributed by atoms with Crippen LogP contribution in [-0.2, 0) is 14.8 Å². The van der Waals surface area contributed by atoms with Crippen LogP contribution in [0.3, 0.4) is 0 Å². The fourth-order valence-corrected chi connectivity index (χ4v) is 5.01. The first-order valence-electron chi connectivity index (χ1n) is 11.3. The van der Waals surface area contributed by atoms with E-state index in [-0.39, 0.29) is 10.6 Å². The third-order valence-electron chi connectivity index (χ3n) is 5.39. The molecule has 3 aromatic rings. The van der Waals surface area contributed by atoms with E-state index in [9.17, 15) is 23.3 Å². The van der Waals surface area contributed by atoms with Gasteiger partial charge in [0, 0.05) is 24.8 Å². The maximum absolute atomic E-state index is 13.4. The lowest BCUT2D eigenvalue weighted by Gasteiger charge is -2.23. The lowest BCUT2D eigenvalue weighted by atomic mass is 10.2. The number of carbonyl (C=O) groups excluding carboxylic acids is 1. The summed E-state index contributed by atoms with van der Waals surface area (Å²) in [5, 5.41) is 15.5. The summed E-state index contributed by atoms with van der Waals surface area (Å²) >= 11 is 0. The number of benzene rings is 3. The van der Waals surface area contributed by atoms with Gasteiger partial charge in [0.2, 0.25) is 0 Å². The van der Waals surface area contributed by atoms with Crippen molar-refractivity contribution in [3.8, 4) is 0 Å². The van der Waals surface area contributed by atoms with E-state index in [0.29, 0.717) is 4.31 Å². The molecule has 1 amide bonds. The molecule has 0 aliphatic carbocycles.